The highest BCUT2D eigenvalue weighted by Crippen LogP contribution is 2.16. The quantitative estimate of drug-likeness (QED) is 0.840. The number of aromatic nitrogens is 1. The average Bonchev–Trinajstić information content (AvgIpc) is 2.66. The molecule has 1 aliphatic heterocycles. The number of nitrogens with one attached hydrogen (secondary N) is 2. The van der Waals surface area contributed by atoms with Crippen LogP contribution in [0.1, 0.15) is 18.4 Å². The molecule has 0 saturated carbocycles. The van der Waals surface area contributed by atoms with Crippen molar-refractivity contribution >= 4 is 23.3 Å². The summed E-state index contributed by atoms with van der Waals surface area (Å²) in [5.41, 5.74) is 1.90. The number of urea groups is 1. The van der Waals surface area contributed by atoms with E-state index in [2.05, 4.69) is 32.7 Å². The van der Waals surface area contributed by atoms with Gasteiger partial charge in [-0.2, -0.15) is 0 Å². The molecule has 0 aliphatic carbocycles. The van der Waals surface area contributed by atoms with Crippen LogP contribution in [0.2, 0.25) is 5.02 Å². The number of carbonyl (C=O) groups excluding carboxylic acids is 1. The van der Waals surface area contributed by atoms with Crippen molar-refractivity contribution < 1.29 is 9.53 Å². The van der Waals surface area contributed by atoms with E-state index in [-0.39, 0.29) is 12.1 Å². The van der Waals surface area contributed by atoms with Gasteiger partial charge in [0.1, 0.15) is 0 Å². The second-order valence-corrected chi connectivity index (χ2v) is 6.80. The molecule has 2 N–H and O–H groups in total. The van der Waals surface area contributed by atoms with E-state index in [0.717, 1.165) is 37.5 Å². The molecule has 26 heavy (non-hydrogen) atoms. The Morgan fingerprint density at radius 1 is 1.23 bits per heavy atom. The Hall–Kier alpha value is -2.31. The Kier molecular flexibility index (Phi) is 6.30. The van der Waals surface area contributed by atoms with Gasteiger partial charge in [-0.15, -0.1) is 0 Å². The molecule has 2 aromatic rings. The van der Waals surface area contributed by atoms with Crippen molar-refractivity contribution in [2.24, 2.45) is 0 Å². The van der Waals surface area contributed by atoms with Crippen molar-refractivity contribution in [1.29, 1.82) is 0 Å². The Morgan fingerprint density at radius 3 is 2.58 bits per heavy atom. The smallest absolute Gasteiger partial charge is 0.319 e. The van der Waals surface area contributed by atoms with Crippen LogP contribution in [0.3, 0.4) is 0 Å². The van der Waals surface area contributed by atoms with Gasteiger partial charge in [0.25, 0.3) is 0 Å². The summed E-state index contributed by atoms with van der Waals surface area (Å²) in [6.45, 7) is 2.82. The number of hydrogen-bond donors (Lipinski definition) is 2. The number of rotatable bonds is 5. The van der Waals surface area contributed by atoms with Crippen LogP contribution >= 0.6 is 11.6 Å². The number of pyridine rings is 1. The number of nitrogens with zero attached hydrogens (tertiary/aromatic N) is 2. The fraction of sp³-hybridized carbons (Fsp3) is 0.368. The summed E-state index contributed by atoms with van der Waals surface area (Å²) in [7, 11) is 1.56. The fourth-order valence-electron chi connectivity index (χ4n) is 3.01. The van der Waals surface area contributed by atoms with Gasteiger partial charge in [-0.25, -0.2) is 9.78 Å². The first-order chi connectivity index (χ1) is 12.6. The summed E-state index contributed by atoms with van der Waals surface area (Å²) < 4.78 is 5.00. The van der Waals surface area contributed by atoms with E-state index >= 15 is 0 Å². The maximum absolute atomic E-state index is 12.1. The first-order valence-corrected chi connectivity index (χ1v) is 9.04. The maximum Gasteiger partial charge on any atom is 0.319 e. The lowest BCUT2D eigenvalue weighted by Crippen LogP contribution is -2.45. The summed E-state index contributed by atoms with van der Waals surface area (Å²) in [6, 6.07) is 11.4. The van der Waals surface area contributed by atoms with Gasteiger partial charge in [-0.3, -0.25) is 4.90 Å². The average molecular weight is 375 g/mol. The molecule has 6 nitrogen and oxygen atoms in total. The van der Waals surface area contributed by atoms with E-state index in [1.165, 1.54) is 5.56 Å². The monoisotopic (exact) mass is 374 g/mol. The number of piperidine rings is 1. The molecule has 2 amide bonds. The zero-order valence-corrected chi connectivity index (χ0v) is 15.5. The van der Waals surface area contributed by atoms with Gasteiger partial charge in [0, 0.05) is 36.8 Å². The molecule has 1 saturated heterocycles. The van der Waals surface area contributed by atoms with E-state index in [9.17, 15) is 4.79 Å². The molecule has 1 fully saturated rings. The van der Waals surface area contributed by atoms with E-state index in [0.29, 0.717) is 11.6 Å². The number of hydrogen-bond acceptors (Lipinski definition) is 4. The third kappa shape index (κ3) is 5.34. The molecule has 0 unspecified atom stereocenters. The van der Waals surface area contributed by atoms with Crippen molar-refractivity contribution in [3.63, 3.8) is 0 Å². The number of amides is 2. The Balaban J connectivity index is 1.41. The van der Waals surface area contributed by atoms with Crippen molar-refractivity contribution in [1.82, 2.24) is 15.2 Å². The second-order valence-electron chi connectivity index (χ2n) is 6.36. The molecule has 0 bridgehead atoms. The Labute approximate surface area is 158 Å². The van der Waals surface area contributed by atoms with Crippen LogP contribution in [0, 0.1) is 0 Å². The summed E-state index contributed by atoms with van der Waals surface area (Å²) in [4.78, 5) is 18.6. The van der Waals surface area contributed by atoms with Crippen LogP contribution < -0.4 is 15.4 Å². The molecule has 1 aromatic carbocycles. The van der Waals surface area contributed by atoms with Crippen molar-refractivity contribution in [2.75, 3.05) is 25.5 Å². The third-order valence-corrected chi connectivity index (χ3v) is 4.70. The predicted molar refractivity (Wildman–Crippen MR) is 103 cm³/mol. The fourth-order valence-corrected chi connectivity index (χ4v) is 3.14. The summed E-state index contributed by atoms with van der Waals surface area (Å²) >= 11 is 5.93. The zero-order valence-electron chi connectivity index (χ0n) is 14.7. The number of benzene rings is 1. The topological polar surface area (TPSA) is 66.5 Å². The number of anilines is 1. The summed E-state index contributed by atoms with van der Waals surface area (Å²) in [5, 5.41) is 6.60. The molecule has 1 aromatic heterocycles. The van der Waals surface area contributed by atoms with Gasteiger partial charge in [0.05, 0.1) is 19.0 Å². The van der Waals surface area contributed by atoms with Crippen molar-refractivity contribution in [3.05, 3.63) is 53.2 Å². The highest BCUT2D eigenvalue weighted by Gasteiger charge is 2.20. The molecule has 3 rings (SSSR count). The standard InChI is InChI=1S/C19H23ClN4O2/c1-26-18-7-6-17(12-21-18)23-19(25)22-16-8-10-24(11-9-16)13-14-2-4-15(20)5-3-14/h2-7,12,16H,8-11,13H2,1H3,(H2,22,23,25). The van der Waals surface area contributed by atoms with E-state index in [1.54, 1.807) is 25.4 Å². The van der Waals surface area contributed by atoms with Crippen LogP contribution in [0.4, 0.5) is 10.5 Å². The van der Waals surface area contributed by atoms with Crippen LogP contribution in [0.15, 0.2) is 42.6 Å². The molecular weight excluding hydrogens is 352 g/mol. The molecule has 0 radical (unpaired) electrons. The minimum Gasteiger partial charge on any atom is -0.481 e. The van der Waals surface area contributed by atoms with Crippen LogP contribution in [-0.2, 0) is 6.54 Å². The molecule has 138 valence electrons. The lowest BCUT2D eigenvalue weighted by atomic mass is 10.0. The first-order valence-electron chi connectivity index (χ1n) is 8.67. The third-order valence-electron chi connectivity index (χ3n) is 4.45. The number of ether oxygens (including phenoxy) is 1. The SMILES string of the molecule is COc1ccc(NC(=O)NC2CCN(Cc3ccc(Cl)cc3)CC2)cn1. The second kappa shape index (κ2) is 8.87. The van der Waals surface area contributed by atoms with Crippen LogP contribution in [-0.4, -0.2) is 42.2 Å². The summed E-state index contributed by atoms with van der Waals surface area (Å²) in [6.07, 6.45) is 3.44. The van der Waals surface area contributed by atoms with Gasteiger partial charge in [0.15, 0.2) is 0 Å². The van der Waals surface area contributed by atoms with Crippen LogP contribution in [0.25, 0.3) is 0 Å². The molecule has 2 heterocycles. The highest BCUT2D eigenvalue weighted by molar-refractivity contribution is 6.30. The lowest BCUT2D eigenvalue weighted by Gasteiger charge is -2.32. The highest BCUT2D eigenvalue weighted by atomic mass is 35.5. The van der Waals surface area contributed by atoms with E-state index < -0.39 is 0 Å². The van der Waals surface area contributed by atoms with Gasteiger partial charge in [-0.1, -0.05) is 23.7 Å². The number of methoxy groups -OCH3 is 1. The Bertz CT molecular complexity index is 713. The van der Waals surface area contributed by atoms with Gasteiger partial charge < -0.3 is 15.4 Å². The minimum absolute atomic E-state index is 0.183. The molecule has 7 heteroatoms. The van der Waals surface area contributed by atoms with E-state index in [1.807, 2.05) is 12.1 Å². The lowest BCUT2D eigenvalue weighted by molar-refractivity contribution is 0.190. The van der Waals surface area contributed by atoms with Gasteiger partial charge in [-0.05, 0) is 36.6 Å². The van der Waals surface area contributed by atoms with E-state index in [4.69, 9.17) is 16.3 Å². The largest absolute Gasteiger partial charge is 0.481 e. The Morgan fingerprint density at radius 2 is 1.96 bits per heavy atom. The zero-order chi connectivity index (χ0) is 18.4. The normalized spacial score (nSPS) is 15.5. The van der Waals surface area contributed by atoms with Crippen molar-refractivity contribution in [3.8, 4) is 5.88 Å². The first kappa shape index (κ1) is 18.5. The molecule has 0 spiro atoms. The molecule has 0 atom stereocenters. The molecule has 1 aliphatic rings. The maximum atomic E-state index is 12.1. The number of carbonyl (C=O) groups is 1. The van der Waals surface area contributed by atoms with Crippen molar-refractivity contribution in [2.45, 2.75) is 25.4 Å². The number of likely N-dealkylation sites (tertiary alicyclic amines) is 1. The van der Waals surface area contributed by atoms with Gasteiger partial charge >= 0.3 is 6.03 Å². The minimum atomic E-state index is -0.201. The number of halogens is 1. The molecular formula is C19H23ClN4O2. The van der Waals surface area contributed by atoms with Gasteiger partial charge in [0.2, 0.25) is 5.88 Å². The predicted octanol–water partition coefficient (Wildman–Crippen LogP) is 3.53. The summed E-state index contributed by atoms with van der Waals surface area (Å²) in [5.74, 6) is 0.518. The van der Waals surface area contributed by atoms with Crippen LogP contribution in [0.5, 0.6) is 5.88 Å².